The highest BCUT2D eigenvalue weighted by molar-refractivity contribution is 7.89. The van der Waals surface area contributed by atoms with Crippen molar-refractivity contribution in [3.05, 3.63) is 54.4 Å². The zero-order chi connectivity index (χ0) is 20.1. The van der Waals surface area contributed by atoms with Crippen LogP contribution in [0.15, 0.2) is 53.7 Å². The van der Waals surface area contributed by atoms with Gasteiger partial charge < -0.3 is 10.1 Å². The van der Waals surface area contributed by atoms with Gasteiger partial charge in [-0.25, -0.2) is 13.2 Å². The van der Waals surface area contributed by atoms with Crippen LogP contribution >= 0.6 is 0 Å². The molecule has 0 unspecified atom stereocenters. The summed E-state index contributed by atoms with van der Waals surface area (Å²) in [5.74, 6) is -1.17. The number of benzene rings is 1. The van der Waals surface area contributed by atoms with Crippen molar-refractivity contribution in [2.24, 2.45) is 0 Å². The fourth-order valence-electron chi connectivity index (χ4n) is 2.80. The maximum Gasteiger partial charge on any atom is 0.340 e. The minimum Gasteiger partial charge on any atom is -0.449 e. The molecule has 1 aromatic carbocycles. The average Bonchev–Trinajstić information content (AvgIpc) is 3.25. The molecule has 1 N–H and O–H groups in total. The van der Waals surface area contributed by atoms with Crippen molar-refractivity contribution >= 4 is 27.6 Å². The van der Waals surface area contributed by atoms with Crippen LogP contribution in [0.5, 0.6) is 0 Å². The van der Waals surface area contributed by atoms with Gasteiger partial charge in [-0.2, -0.15) is 4.31 Å². The van der Waals surface area contributed by atoms with E-state index in [0.717, 1.165) is 12.8 Å². The third-order valence-corrected chi connectivity index (χ3v) is 6.29. The molecule has 148 valence electrons. The number of amides is 1. The van der Waals surface area contributed by atoms with E-state index in [0.29, 0.717) is 18.8 Å². The second-order valence-electron chi connectivity index (χ2n) is 6.41. The topological polar surface area (TPSA) is 106 Å². The summed E-state index contributed by atoms with van der Waals surface area (Å²) in [5, 5.41) is 2.61. The Balaban J connectivity index is 1.60. The fourth-order valence-corrected chi connectivity index (χ4v) is 4.31. The molecule has 9 heteroatoms. The summed E-state index contributed by atoms with van der Waals surface area (Å²) in [7, 11) is -3.50. The van der Waals surface area contributed by atoms with Crippen LogP contribution in [0.3, 0.4) is 0 Å². The van der Waals surface area contributed by atoms with Gasteiger partial charge in [0.25, 0.3) is 5.91 Å². The van der Waals surface area contributed by atoms with Crippen LogP contribution in [0.2, 0.25) is 0 Å². The molecule has 0 radical (unpaired) electrons. The maximum atomic E-state index is 12.5. The molecule has 1 aliphatic heterocycles. The van der Waals surface area contributed by atoms with E-state index in [-0.39, 0.29) is 10.5 Å². The van der Waals surface area contributed by atoms with Crippen molar-refractivity contribution < 1.29 is 22.7 Å². The van der Waals surface area contributed by atoms with Crippen molar-refractivity contribution in [1.29, 1.82) is 0 Å². The van der Waals surface area contributed by atoms with Crippen molar-refractivity contribution in [3.8, 4) is 0 Å². The van der Waals surface area contributed by atoms with Crippen LogP contribution in [0.1, 0.15) is 30.1 Å². The van der Waals surface area contributed by atoms with Crippen LogP contribution in [-0.2, 0) is 19.6 Å². The largest absolute Gasteiger partial charge is 0.449 e. The van der Waals surface area contributed by atoms with Crippen molar-refractivity contribution in [3.63, 3.8) is 0 Å². The summed E-state index contributed by atoms with van der Waals surface area (Å²) in [6, 6.07) is 9.07. The Bertz CT molecular complexity index is 939. The SMILES string of the molecule is C[C@@H](OC(=O)c1cccnc1)C(=O)Nc1ccc(S(=O)(=O)N2CCCC2)cc1. The first-order valence-electron chi connectivity index (χ1n) is 8.90. The number of hydrogen-bond donors (Lipinski definition) is 1. The second-order valence-corrected chi connectivity index (χ2v) is 8.35. The Morgan fingerprint density at radius 3 is 2.43 bits per heavy atom. The van der Waals surface area contributed by atoms with Crippen LogP contribution in [0, 0.1) is 0 Å². The average molecular weight is 403 g/mol. The van der Waals surface area contributed by atoms with Crippen molar-refractivity contribution in [1.82, 2.24) is 9.29 Å². The van der Waals surface area contributed by atoms with E-state index in [9.17, 15) is 18.0 Å². The zero-order valence-electron chi connectivity index (χ0n) is 15.4. The van der Waals surface area contributed by atoms with Gasteiger partial charge in [0.1, 0.15) is 0 Å². The van der Waals surface area contributed by atoms with Gasteiger partial charge in [0, 0.05) is 31.2 Å². The van der Waals surface area contributed by atoms with Gasteiger partial charge in [-0.3, -0.25) is 9.78 Å². The molecule has 1 aliphatic rings. The molecule has 0 aliphatic carbocycles. The predicted molar refractivity (Wildman–Crippen MR) is 102 cm³/mol. The first-order valence-corrected chi connectivity index (χ1v) is 10.3. The van der Waals surface area contributed by atoms with E-state index in [4.69, 9.17) is 4.74 Å². The molecule has 28 heavy (non-hydrogen) atoms. The number of carbonyl (C=O) groups excluding carboxylic acids is 2. The van der Waals surface area contributed by atoms with Crippen LogP contribution < -0.4 is 5.32 Å². The molecule has 0 saturated carbocycles. The summed E-state index contributed by atoms with van der Waals surface area (Å²) in [4.78, 5) is 28.2. The first kappa shape index (κ1) is 20.0. The Morgan fingerprint density at radius 1 is 1.14 bits per heavy atom. The first-order chi connectivity index (χ1) is 13.4. The highest BCUT2D eigenvalue weighted by Gasteiger charge is 2.27. The summed E-state index contributed by atoms with van der Waals surface area (Å²) >= 11 is 0. The van der Waals surface area contributed by atoms with E-state index < -0.39 is 28.0 Å². The molecule has 3 rings (SSSR count). The minimum atomic E-state index is -3.50. The highest BCUT2D eigenvalue weighted by atomic mass is 32.2. The molecule has 1 saturated heterocycles. The number of nitrogens with zero attached hydrogens (tertiary/aromatic N) is 2. The van der Waals surface area contributed by atoms with Gasteiger partial charge in [-0.1, -0.05) is 0 Å². The molecule has 1 aromatic heterocycles. The molecule has 0 bridgehead atoms. The van der Waals surface area contributed by atoms with Crippen LogP contribution in [-0.4, -0.2) is 48.8 Å². The molecule has 2 aromatic rings. The minimum absolute atomic E-state index is 0.184. The fraction of sp³-hybridized carbons (Fsp3) is 0.316. The molecular weight excluding hydrogens is 382 g/mol. The van der Waals surface area contributed by atoms with Gasteiger partial charge in [-0.15, -0.1) is 0 Å². The molecule has 8 nitrogen and oxygen atoms in total. The normalized spacial score (nSPS) is 15.8. The lowest BCUT2D eigenvalue weighted by Crippen LogP contribution is -2.30. The highest BCUT2D eigenvalue weighted by Crippen LogP contribution is 2.22. The van der Waals surface area contributed by atoms with Gasteiger partial charge in [-0.05, 0) is 56.2 Å². The van der Waals surface area contributed by atoms with Gasteiger partial charge in [0.2, 0.25) is 10.0 Å². The number of aromatic nitrogens is 1. The Hall–Kier alpha value is -2.78. The lowest BCUT2D eigenvalue weighted by Gasteiger charge is -2.16. The Morgan fingerprint density at radius 2 is 1.82 bits per heavy atom. The molecule has 1 amide bonds. The number of hydrogen-bond acceptors (Lipinski definition) is 6. The van der Waals surface area contributed by atoms with Crippen molar-refractivity contribution in [2.45, 2.75) is 30.8 Å². The van der Waals surface area contributed by atoms with E-state index in [1.165, 1.54) is 47.9 Å². The Labute approximate surface area is 163 Å². The van der Waals surface area contributed by atoms with Gasteiger partial charge in [0.15, 0.2) is 6.10 Å². The predicted octanol–water partition coefficient (Wildman–Crippen LogP) is 2.05. The Kier molecular flexibility index (Phi) is 6.05. The number of sulfonamides is 1. The van der Waals surface area contributed by atoms with E-state index in [2.05, 4.69) is 10.3 Å². The lowest BCUT2D eigenvalue weighted by atomic mass is 10.2. The quantitative estimate of drug-likeness (QED) is 0.740. The number of pyridine rings is 1. The monoisotopic (exact) mass is 403 g/mol. The number of esters is 1. The number of anilines is 1. The molecule has 2 heterocycles. The third kappa shape index (κ3) is 4.55. The smallest absolute Gasteiger partial charge is 0.340 e. The maximum absolute atomic E-state index is 12.5. The van der Waals surface area contributed by atoms with Crippen LogP contribution in [0.4, 0.5) is 5.69 Å². The summed E-state index contributed by atoms with van der Waals surface area (Å²) in [5.41, 5.74) is 0.660. The third-order valence-electron chi connectivity index (χ3n) is 4.37. The van der Waals surface area contributed by atoms with E-state index >= 15 is 0 Å². The standard InChI is InChI=1S/C19H21N3O5S/c1-14(27-19(24)15-5-4-10-20-13-15)18(23)21-16-6-8-17(9-7-16)28(25,26)22-11-2-3-12-22/h4-10,13-14H,2-3,11-12H2,1H3,(H,21,23)/t14-/m1/s1. The van der Waals surface area contributed by atoms with E-state index in [1.54, 1.807) is 12.1 Å². The number of carbonyl (C=O) groups is 2. The number of nitrogens with one attached hydrogen (secondary N) is 1. The zero-order valence-corrected chi connectivity index (χ0v) is 16.2. The molecule has 1 fully saturated rings. The van der Waals surface area contributed by atoms with Gasteiger partial charge in [0.05, 0.1) is 10.5 Å². The summed E-state index contributed by atoms with van der Waals surface area (Å²) in [6.45, 7) is 2.51. The number of ether oxygens (including phenoxy) is 1. The second kappa shape index (κ2) is 8.49. The van der Waals surface area contributed by atoms with Gasteiger partial charge >= 0.3 is 5.97 Å². The molecule has 0 spiro atoms. The molecule has 1 atom stereocenters. The van der Waals surface area contributed by atoms with Crippen molar-refractivity contribution in [2.75, 3.05) is 18.4 Å². The van der Waals surface area contributed by atoms with Crippen LogP contribution in [0.25, 0.3) is 0 Å². The molecular formula is C19H21N3O5S. The summed E-state index contributed by atoms with van der Waals surface area (Å²) in [6.07, 6.45) is 3.58. The summed E-state index contributed by atoms with van der Waals surface area (Å²) < 4.78 is 31.6. The van der Waals surface area contributed by atoms with E-state index in [1.807, 2.05) is 0 Å². The lowest BCUT2D eigenvalue weighted by molar-refractivity contribution is -0.123. The number of rotatable bonds is 6.